The number of sulfonamides is 1. The van der Waals surface area contributed by atoms with E-state index in [4.69, 9.17) is 19.3 Å². The normalized spacial score (nSPS) is 14.3. The molecular formula is C18H20N2O6S. The number of benzene rings is 2. The number of amides is 1. The number of hydrogen-bond donors (Lipinski definition) is 2. The Morgan fingerprint density at radius 2 is 1.96 bits per heavy atom. The van der Waals surface area contributed by atoms with Crippen molar-refractivity contribution >= 4 is 15.9 Å². The number of nitrogens with two attached hydrogens (primary N) is 1. The molecule has 1 aliphatic rings. The number of carbonyl (C=O) groups is 1. The summed E-state index contributed by atoms with van der Waals surface area (Å²) < 4.78 is 39.4. The Labute approximate surface area is 157 Å². The maximum Gasteiger partial charge on any atom is 0.252 e. The standard InChI is InChI=1S/C18H20N2O6S/c1-11(12-4-3-5-14(8-12)27(19,22)23)20-18(21)13-9-15(24-2)17-16(10-13)25-6-7-26-17/h3-5,8-11H,6-7H2,1-2H3,(H,20,21)(H2,19,22,23). The summed E-state index contributed by atoms with van der Waals surface area (Å²) in [5, 5.41) is 7.98. The third-order valence-electron chi connectivity index (χ3n) is 4.12. The minimum absolute atomic E-state index is 0.0119. The minimum atomic E-state index is -3.82. The van der Waals surface area contributed by atoms with Gasteiger partial charge >= 0.3 is 0 Å². The highest BCUT2D eigenvalue weighted by Crippen LogP contribution is 2.40. The van der Waals surface area contributed by atoms with Gasteiger partial charge in [-0.3, -0.25) is 4.79 Å². The van der Waals surface area contributed by atoms with E-state index < -0.39 is 16.1 Å². The second kappa shape index (κ2) is 7.45. The molecule has 27 heavy (non-hydrogen) atoms. The van der Waals surface area contributed by atoms with Crippen molar-refractivity contribution in [1.29, 1.82) is 0 Å². The van der Waals surface area contributed by atoms with E-state index >= 15 is 0 Å². The summed E-state index contributed by atoms with van der Waals surface area (Å²) in [5.74, 6) is 0.948. The first-order chi connectivity index (χ1) is 12.8. The van der Waals surface area contributed by atoms with E-state index in [0.717, 1.165) is 0 Å². The second-order valence-electron chi connectivity index (χ2n) is 6.02. The van der Waals surface area contributed by atoms with Crippen molar-refractivity contribution in [2.45, 2.75) is 17.9 Å². The van der Waals surface area contributed by atoms with E-state index in [2.05, 4.69) is 5.32 Å². The van der Waals surface area contributed by atoms with Crippen LogP contribution in [0.3, 0.4) is 0 Å². The van der Waals surface area contributed by atoms with Crippen LogP contribution in [0, 0.1) is 0 Å². The van der Waals surface area contributed by atoms with Gasteiger partial charge in [-0.2, -0.15) is 0 Å². The zero-order valence-electron chi connectivity index (χ0n) is 14.9. The van der Waals surface area contributed by atoms with Crippen molar-refractivity contribution < 1.29 is 27.4 Å². The lowest BCUT2D eigenvalue weighted by molar-refractivity contribution is 0.0938. The van der Waals surface area contributed by atoms with Gasteiger partial charge < -0.3 is 19.5 Å². The maximum absolute atomic E-state index is 12.7. The molecule has 1 amide bonds. The molecular weight excluding hydrogens is 372 g/mol. The summed E-state index contributed by atoms with van der Waals surface area (Å²) >= 11 is 0. The van der Waals surface area contributed by atoms with Gasteiger partial charge in [0.25, 0.3) is 5.91 Å². The molecule has 9 heteroatoms. The molecule has 0 fully saturated rings. The van der Waals surface area contributed by atoms with Crippen LogP contribution in [0.5, 0.6) is 17.2 Å². The highest BCUT2D eigenvalue weighted by atomic mass is 32.2. The number of fused-ring (bicyclic) bond motifs is 1. The molecule has 3 rings (SSSR count). The van der Waals surface area contributed by atoms with Gasteiger partial charge in [-0.05, 0) is 36.8 Å². The molecule has 144 valence electrons. The van der Waals surface area contributed by atoms with Crippen LogP contribution in [-0.4, -0.2) is 34.6 Å². The zero-order chi connectivity index (χ0) is 19.6. The van der Waals surface area contributed by atoms with Crippen LogP contribution in [0.1, 0.15) is 28.9 Å². The van der Waals surface area contributed by atoms with Crippen molar-refractivity contribution in [3.05, 3.63) is 47.5 Å². The summed E-state index contributed by atoms with van der Waals surface area (Å²) in [7, 11) is -2.34. The van der Waals surface area contributed by atoms with Gasteiger partial charge in [-0.15, -0.1) is 0 Å². The minimum Gasteiger partial charge on any atom is -0.493 e. The summed E-state index contributed by atoms with van der Waals surface area (Å²) in [6.07, 6.45) is 0. The molecule has 1 aliphatic heterocycles. The molecule has 0 saturated carbocycles. The maximum atomic E-state index is 12.7. The molecule has 0 saturated heterocycles. The number of rotatable bonds is 5. The fourth-order valence-electron chi connectivity index (χ4n) is 2.73. The first kappa shape index (κ1) is 19.0. The van der Waals surface area contributed by atoms with E-state index in [9.17, 15) is 13.2 Å². The van der Waals surface area contributed by atoms with E-state index in [0.29, 0.717) is 41.6 Å². The van der Waals surface area contributed by atoms with Gasteiger partial charge in [-0.25, -0.2) is 13.6 Å². The number of carbonyl (C=O) groups excluding carboxylic acids is 1. The molecule has 0 radical (unpaired) electrons. The molecule has 1 atom stereocenters. The third kappa shape index (κ3) is 4.15. The van der Waals surface area contributed by atoms with Crippen LogP contribution in [0.15, 0.2) is 41.3 Å². The SMILES string of the molecule is COc1cc(C(=O)NC(C)c2cccc(S(N)(=O)=O)c2)cc2c1OCCO2. The molecule has 2 aromatic rings. The third-order valence-corrected chi connectivity index (χ3v) is 5.04. The van der Waals surface area contributed by atoms with Crippen molar-refractivity contribution in [3.8, 4) is 17.2 Å². The molecule has 8 nitrogen and oxygen atoms in total. The number of nitrogens with one attached hydrogen (secondary N) is 1. The molecule has 0 aliphatic carbocycles. The predicted molar refractivity (Wildman–Crippen MR) is 97.7 cm³/mol. The predicted octanol–water partition coefficient (Wildman–Crippen LogP) is 1.60. The Morgan fingerprint density at radius 3 is 2.67 bits per heavy atom. The molecule has 2 aromatic carbocycles. The first-order valence-electron chi connectivity index (χ1n) is 8.21. The fraction of sp³-hybridized carbons (Fsp3) is 0.278. The summed E-state index contributed by atoms with van der Waals surface area (Å²) in [6.45, 7) is 2.54. The lowest BCUT2D eigenvalue weighted by atomic mass is 10.1. The monoisotopic (exact) mass is 392 g/mol. The van der Waals surface area contributed by atoms with Gasteiger partial charge in [0.1, 0.15) is 13.2 Å². The second-order valence-corrected chi connectivity index (χ2v) is 7.58. The zero-order valence-corrected chi connectivity index (χ0v) is 15.7. The molecule has 0 aromatic heterocycles. The topological polar surface area (TPSA) is 117 Å². The highest BCUT2D eigenvalue weighted by Gasteiger charge is 2.22. The van der Waals surface area contributed by atoms with E-state index in [1.54, 1.807) is 31.2 Å². The lowest BCUT2D eigenvalue weighted by Crippen LogP contribution is -2.27. The Morgan fingerprint density at radius 1 is 1.22 bits per heavy atom. The fourth-order valence-corrected chi connectivity index (χ4v) is 3.30. The average Bonchev–Trinajstić information content (AvgIpc) is 2.66. The van der Waals surface area contributed by atoms with Crippen molar-refractivity contribution in [1.82, 2.24) is 5.32 Å². The number of hydrogen-bond acceptors (Lipinski definition) is 6. The Kier molecular flexibility index (Phi) is 5.24. The van der Waals surface area contributed by atoms with E-state index in [1.807, 2.05) is 0 Å². The van der Waals surface area contributed by atoms with E-state index in [1.165, 1.54) is 19.2 Å². The summed E-state index contributed by atoms with van der Waals surface area (Å²) in [5.41, 5.74) is 0.949. The van der Waals surface area contributed by atoms with Crippen molar-refractivity contribution in [2.75, 3.05) is 20.3 Å². The molecule has 1 heterocycles. The van der Waals surface area contributed by atoms with Crippen LogP contribution in [-0.2, 0) is 10.0 Å². The van der Waals surface area contributed by atoms with Crippen LogP contribution in [0.2, 0.25) is 0 Å². The molecule has 1 unspecified atom stereocenters. The summed E-state index contributed by atoms with van der Waals surface area (Å²) in [4.78, 5) is 12.6. The largest absolute Gasteiger partial charge is 0.493 e. The van der Waals surface area contributed by atoms with Gasteiger partial charge in [-0.1, -0.05) is 12.1 Å². The van der Waals surface area contributed by atoms with Gasteiger partial charge in [0.05, 0.1) is 18.0 Å². The van der Waals surface area contributed by atoms with E-state index in [-0.39, 0.29) is 10.8 Å². The highest BCUT2D eigenvalue weighted by molar-refractivity contribution is 7.89. The van der Waals surface area contributed by atoms with Gasteiger partial charge in [0, 0.05) is 5.56 Å². The summed E-state index contributed by atoms with van der Waals surface area (Å²) in [6, 6.07) is 8.83. The van der Waals surface area contributed by atoms with Crippen LogP contribution in [0.25, 0.3) is 0 Å². The smallest absolute Gasteiger partial charge is 0.252 e. The first-order valence-corrected chi connectivity index (χ1v) is 9.75. The Hall–Kier alpha value is -2.78. The van der Waals surface area contributed by atoms with Crippen LogP contribution < -0.4 is 24.7 Å². The van der Waals surface area contributed by atoms with Gasteiger partial charge in [0.2, 0.25) is 15.8 Å². The number of primary sulfonamides is 1. The number of methoxy groups -OCH3 is 1. The average molecular weight is 392 g/mol. The van der Waals surface area contributed by atoms with Crippen LogP contribution in [0.4, 0.5) is 0 Å². The molecule has 3 N–H and O–H groups in total. The molecule has 0 bridgehead atoms. The number of ether oxygens (including phenoxy) is 3. The van der Waals surface area contributed by atoms with Crippen LogP contribution >= 0.6 is 0 Å². The quantitative estimate of drug-likeness (QED) is 0.798. The lowest BCUT2D eigenvalue weighted by Gasteiger charge is -2.22. The van der Waals surface area contributed by atoms with Gasteiger partial charge in [0.15, 0.2) is 11.5 Å². The van der Waals surface area contributed by atoms with Crippen molar-refractivity contribution in [3.63, 3.8) is 0 Å². The molecule has 0 spiro atoms. The Bertz CT molecular complexity index is 957. The Balaban J connectivity index is 1.83. The van der Waals surface area contributed by atoms with Crippen molar-refractivity contribution in [2.24, 2.45) is 5.14 Å².